The van der Waals surface area contributed by atoms with Gasteiger partial charge in [0.15, 0.2) is 5.03 Å². The number of H-pyrrole nitrogens is 1. The molecule has 2 rings (SSSR count). The fourth-order valence-corrected chi connectivity index (χ4v) is 4.08. The molecule has 1 aliphatic rings. The summed E-state index contributed by atoms with van der Waals surface area (Å²) in [6.07, 6.45) is 2.98. The zero-order valence-electron chi connectivity index (χ0n) is 11.8. The maximum absolute atomic E-state index is 12.6. The molecule has 1 saturated heterocycles. The number of sulfonamides is 1. The largest absolute Gasteiger partial charge is 0.332 e. The Morgan fingerprint density at radius 3 is 2.84 bits per heavy atom. The van der Waals surface area contributed by atoms with E-state index in [-0.39, 0.29) is 11.1 Å². The van der Waals surface area contributed by atoms with Crippen LogP contribution in [0, 0.1) is 0 Å². The smallest absolute Gasteiger partial charge is 0.260 e. The highest BCUT2D eigenvalue weighted by atomic mass is 32.2. The van der Waals surface area contributed by atoms with Crippen LogP contribution in [0.25, 0.3) is 0 Å². The lowest BCUT2D eigenvalue weighted by Gasteiger charge is -2.26. The second-order valence-corrected chi connectivity index (χ2v) is 6.99. The summed E-state index contributed by atoms with van der Waals surface area (Å²) in [5, 5.41) is 0.209. The average Bonchev–Trinajstić information content (AvgIpc) is 2.76. The second kappa shape index (κ2) is 5.60. The molecule has 0 aliphatic carbocycles. The van der Waals surface area contributed by atoms with Crippen LogP contribution >= 0.6 is 0 Å². The Bertz CT molecular complexity index is 526. The first-order valence-corrected chi connectivity index (χ1v) is 8.13. The second-order valence-electron chi connectivity index (χ2n) is 5.13. The minimum Gasteiger partial charge on any atom is -0.332 e. The molecule has 1 aromatic heterocycles. The van der Waals surface area contributed by atoms with Crippen LogP contribution in [0.2, 0.25) is 0 Å². The molecule has 0 spiro atoms. The number of rotatable bonds is 3. The normalized spacial score (nSPS) is 23.4. The van der Waals surface area contributed by atoms with Gasteiger partial charge in [-0.25, -0.2) is 13.4 Å². The molecule has 6 nitrogen and oxygen atoms in total. The van der Waals surface area contributed by atoms with Crippen LogP contribution in [0.3, 0.4) is 0 Å². The maximum Gasteiger partial charge on any atom is 0.260 e. The van der Waals surface area contributed by atoms with Gasteiger partial charge >= 0.3 is 0 Å². The number of hydrogen-bond donors (Lipinski definition) is 1. The first-order valence-electron chi connectivity index (χ1n) is 6.69. The summed E-state index contributed by atoms with van der Waals surface area (Å²) in [7, 11) is -1.43. The molecule has 19 heavy (non-hydrogen) atoms. The van der Waals surface area contributed by atoms with Gasteiger partial charge in [-0.1, -0.05) is 6.92 Å². The Morgan fingerprint density at radius 2 is 2.21 bits per heavy atom. The van der Waals surface area contributed by atoms with E-state index >= 15 is 0 Å². The van der Waals surface area contributed by atoms with Crippen molar-refractivity contribution in [2.45, 2.75) is 37.8 Å². The summed E-state index contributed by atoms with van der Waals surface area (Å²) in [6, 6.07) is -0.0223. The fraction of sp³-hybridized carbons (Fsp3) is 0.750. The molecule has 0 amide bonds. The highest BCUT2D eigenvalue weighted by Gasteiger charge is 2.32. The van der Waals surface area contributed by atoms with Crippen molar-refractivity contribution in [1.29, 1.82) is 0 Å². The third-order valence-electron chi connectivity index (χ3n) is 3.51. The van der Waals surface area contributed by atoms with E-state index in [1.54, 1.807) is 4.31 Å². The summed E-state index contributed by atoms with van der Waals surface area (Å²) >= 11 is 0. The highest BCUT2D eigenvalue weighted by molar-refractivity contribution is 7.89. The summed E-state index contributed by atoms with van der Waals surface area (Å²) in [4.78, 5) is 9.16. The Hall–Kier alpha value is -0.920. The molecule has 0 radical (unpaired) electrons. The zero-order chi connectivity index (χ0) is 14.0. The molecular formula is C12H22N4O2S. The van der Waals surface area contributed by atoms with Crippen LogP contribution in [-0.4, -0.2) is 60.3 Å². The van der Waals surface area contributed by atoms with Gasteiger partial charge in [0.2, 0.25) is 0 Å². The Balaban J connectivity index is 2.27. The van der Waals surface area contributed by atoms with Crippen LogP contribution in [0.15, 0.2) is 11.2 Å². The molecule has 0 saturated carbocycles. The van der Waals surface area contributed by atoms with Gasteiger partial charge in [-0.05, 0) is 26.9 Å². The van der Waals surface area contributed by atoms with Crippen molar-refractivity contribution in [2.24, 2.45) is 0 Å². The highest BCUT2D eigenvalue weighted by Crippen LogP contribution is 2.19. The molecule has 1 atom stereocenters. The first kappa shape index (κ1) is 14.5. The summed E-state index contributed by atoms with van der Waals surface area (Å²) < 4.78 is 26.8. The van der Waals surface area contributed by atoms with Gasteiger partial charge in [0.25, 0.3) is 10.0 Å². The van der Waals surface area contributed by atoms with Gasteiger partial charge in [0, 0.05) is 25.6 Å². The number of imidazole rings is 1. The molecule has 1 aromatic rings. The lowest BCUT2D eigenvalue weighted by molar-refractivity contribution is 0.290. The van der Waals surface area contributed by atoms with Crippen molar-refractivity contribution < 1.29 is 8.42 Å². The zero-order valence-corrected chi connectivity index (χ0v) is 12.6. The van der Waals surface area contributed by atoms with Crippen molar-refractivity contribution in [3.05, 3.63) is 12.0 Å². The molecule has 1 unspecified atom stereocenters. The van der Waals surface area contributed by atoms with Crippen LogP contribution in [-0.2, 0) is 16.4 Å². The van der Waals surface area contributed by atoms with Gasteiger partial charge in [0.1, 0.15) is 5.82 Å². The summed E-state index contributed by atoms with van der Waals surface area (Å²) in [5.74, 6) is 0.707. The predicted octanol–water partition coefficient (Wildman–Crippen LogP) is 0.687. The van der Waals surface area contributed by atoms with Crippen LogP contribution < -0.4 is 0 Å². The molecule has 1 fully saturated rings. The number of nitrogens with one attached hydrogen (secondary N) is 1. The minimum atomic E-state index is -3.46. The lowest BCUT2D eigenvalue weighted by Crippen LogP contribution is -2.42. The fourth-order valence-electron chi connectivity index (χ4n) is 2.49. The third kappa shape index (κ3) is 2.98. The molecular weight excluding hydrogens is 264 g/mol. The van der Waals surface area contributed by atoms with E-state index < -0.39 is 10.0 Å². The molecule has 7 heteroatoms. The van der Waals surface area contributed by atoms with E-state index in [1.165, 1.54) is 6.20 Å². The molecule has 108 valence electrons. The van der Waals surface area contributed by atoms with Crippen molar-refractivity contribution >= 4 is 10.0 Å². The lowest BCUT2D eigenvalue weighted by atomic mass is 10.3. The van der Waals surface area contributed by atoms with E-state index in [0.29, 0.717) is 18.8 Å². The van der Waals surface area contributed by atoms with Gasteiger partial charge < -0.3 is 9.88 Å². The van der Waals surface area contributed by atoms with Gasteiger partial charge in [-0.15, -0.1) is 0 Å². The van der Waals surface area contributed by atoms with Crippen LogP contribution in [0.1, 0.15) is 26.1 Å². The standard InChI is InChI=1S/C12H22N4O2S/c1-4-11-13-8-12(14-11)19(17,18)16-7-5-6-15(3)9-10(16)2/h8,10H,4-7,9H2,1-3H3,(H,13,14). The average molecular weight is 286 g/mol. The Labute approximate surface area is 114 Å². The van der Waals surface area contributed by atoms with Crippen LogP contribution in [0.4, 0.5) is 0 Å². The SMILES string of the molecule is CCc1ncc(S(=O)(=O)N2CCCN(C)CC2C)[nH]1. The Kier molecular flexibility index (Phi) is 4.27. The number of likely N-dealkylation sites (N-methyl/N-ethyl adjacent to an activating group) is 1. The summed E-state index contributed by atoms with van der Waals surface area (Å²) in [6.45, 7) is 6.15. The predicted molar refractivity (Wildman–Crippen MR) is 73.4 cm³/mol. The molecule has 1 N–H and O–H groups in total. The van der Waals surface area contributed by atoms with Crippen molar-refractivity contribution in [3.63, 3.8) is 0 Å². The maximum atomic E-state index is 12.6. The van der Waals surface area contributed by atoms with E-state index in [0.717, 1.165) is 19.5 Å². The Morgan fingerprint density at radius 1 is 1.47 bits per heavy atom. The van der Waals surface area contributed by atoms with Crippen LogP contribution in [0.5, 0.6) is 0 Å². The van der Waals surface area contributed by atoms with Crippen molar-refractivity contribution in [3.8, 4) is 0 Å². The molecule has 0 aromatic carbocycles. The van der Waals surface area contributed by atoms with E-state index in [9.17, 15) is 8.42 Å². The van der Waals surface area contributed by atoms with Gasteiger partial charge in [0.05, 0.1) is 6.20 Å². The van der Waals surface area contributed by atoms with Crippen molar-refractivity contribution in [1.82, 2.24) is 19.2 Å². The van der Waals surface area contributed by atoms with Gasteiger partial charge in [-0.3, -0.25) is 0 Å². The number of nitrogens with zero attached hydrogens (tertiary/aromatic N) is 3. The number of aromatic nitrogens is 2. The monoisotopic (exact) mass is 286 g/mol. The minimum absolute atomic E-state index is 0.0223. The van der Waals surface area contributed by atoms with Gasteiger partial charge in [-0.2, -0.15) is 4.31 Å². The number of aryl methyl sites for hydroxylation is 1. The van der Waals surface area contributed by atoms with Crippen molar-refractivity contribution in [2.75, 3.05) is 26.7 Å². The van der Waals surface area contributed by atoms with E-state index in [2.05, 4.69) is 14.9 Å². The number of hydrogen-bond acceptors (Lipinski definition) is 4. The summed E-state index contributed by atoms with van der Waals surface area (Å²) in [5.41, 5.74) is 0. The molecule has 1 aliphatic heterocycles. The first-order chi connectivity index (χ1) is 8.95. The molecule has 2 heterocycles. The number of aromatic amines is 1. The molecule has 0 bridgehead atoms. The third-order valence-corrected chi connectivity index (χ3v) is 5.44. The quantitative estimate of drug-likeness (QED) is 0.887. The van der Waals surface area contributed by atoms with E-state index in [4.69, 9.17) is 0 Å². The van der Waals surface area contributed by atoms with E-state index in [1.807, 2.05) is 20.9 Å². The topological polar surface area (TPSA) is 69.3 Å².